The first-order valence-electron chi connectivity index (χ1n) is 9.75. The van der Waals surface area contributed by atoms with Crippen LogP contribution in [0.1, 0.15) is 24.4 Å². The predicted molar refractivity (Wildman–Crippen MR) is 119 cm³/mol. The van der Waals surface area contributed by atoms with E-state index in [1.807, 2.05) is 12.1 Å². The number of fused-ring (bicyclic) bond motifs is 2. The van der Waals surface area contributed by atoms with E-state index in [4.69, 9.17) is 5.73 Å². The molecule has 0 amide bonds. The number of imidazole rings is 1. The van der Waals surface area contributed by atoms with Gasteiger partial charge in [0.05, 0.1) is 22.3 Å². The average molecular weight is 407 g/mol. The Labute approximate surface area is 175 Å². The van der Waals surface area contributed by atoms with E-state index >= 15 is 0 Å². The fourth-order valence-corrected chi connectivity index (χ4v) is 4.19. The van der Waals surface area contributed by atoms with Crippen molar-refractivity contribution in [2.24, 2.45) is 5.73 Å². The largest absolute Gasteiger partial charge is 0.397 e. The number of hydrogen-bond acceptors (Lipinski definition) is 5. The second kappa shape index (κ2) is 7.57. The van der Waals surface area contributed by atoms with Gasteiger partial charge < -0.3 is 20.5 Å². The van der Waals surface area contributed by atoms with Crippen LogP contribution in [0, 0.1) is 5.82 Å². The number of benzene rings is 2. The number of nitrogens with one attached hydrogen (secondary N) is 1. The molecule has 0 bridgehead atoms. The van der Waals surface area contributed by atoms with Crippen molar-refractivity contribution in [2.45, 2.75) is 13.8 Å². The van der Waals surface area contributed by atoms with Crippen molar-refractivity contribution in [3.63, 3.8) is 0 Å². The maximum atomic E-state index is 14.4. The van der Waals surface area contributed by atoms with Crippen LogP contribution in [0.2, 0.25) is 0 Å². The number of H-pyrrole nitrogens is 1. The maximum absolute atomic E-state index is 14.4. The third-order valence-corrected chi connectivity index (χ3v) is 5.84. The van der Waals surface area contributed by atoms with E-state index in [1.165, 1.54) is 6.07 Å². The minimum atomic E-state index is -0.418. The van der Waals surface area contributed by atoms with Crippen LogP contribution in [0.15, 0.2) is 36.4 Å². The Bertz CT molecular complexity index is 1160. The Hall–Kier alpha value is -3.19. The summed E-state index contributed by atoms with van der Waals surface area (Å²) in [6.07, 6.45) is 0.118. The lowest BCUT2D eigenvalue weighted by molar-refractivity contribution is -0.113. The number of likely N-dealkylation sites (N-methyl/N-ethyl adjacent to an activating group) is 1. The number of allylic oxidation sites excluding steroid dienone is 1. The van der Waals surface area contributed by atoms with Gasteiger partial charge >= 0.3 is 0 Å². The summed E-state index contributed by atoms with van der Waals surface area (Å²) in [7, 11) is 2.13. The minimum Gasteiger partial charge on any atom is -0.397 e. The normalized spacial score (nSPS) is 17.3. The lowest BCUT2D eigenvalue weighted by Crippen LogP contribution is -2.44. The van der Waals surface area contributed by atoms with Gasteiger partial charge in [-0.3, -0.25) is 4.79 Å². The Balaban J connectivity index is 0.00000218. The van der Waals surface area contributed by atoms with E-state index in [1.54, 1.807) is 12.1 Å². The van der Waals surface area contributed by atoms with Crippen LogP contribution in [-0.4, -0.2) is 53.9 Å². The molecule has 156 valence electrons. The van der Waals surface area contributed by atoms with Crippen LogP contribution in [0.25, 0.3) is 22.3 Å². The molecule has 0 radical (unpaired) electrons. The van der Waals surface area contributed by atoms with Crippen LogP contribution in [0.3, 0.4) is 0 Å². The third-order valence-electron chi connectivity index (χ3n) is 5.84. The minimum absolute atomic E-state index is 0. The van der Waals surface area contributed by atoms with Gasteiger partial charge in [-0.2, -0.15) is 0 Å². The standard InChI is InChI=1S/C22H22FN5O.CH4/c1-27-7-9-28(10-8-27)14-5-6-16-17(12-14)26-22(25-16)20-18(29)11-13-3-2-4-15(23)19(13)21(20)24;/h2-6,12H,7-11,24H2,1H3,(H,25,26);1H4. The van der Waals surface area contributed by atoms with Crippen LogP contribution in [0.4, 0.5) is 10.1 Å². The molecule has 2 heterocycles. The average Bonchev–Trinajstić information content (AvgIpc) is 3.11. The lowest BCUT2D eigenvalue weighted by Gasteiger charge is -2.34. The van der Waals surface area contributed by atoms with Gasteiger partial charge in [-0.15, -0.1) is 0 Å². The Morgan fingerprint density at radius 3 is 2.67 bits per heavy atom. The molecule has 0 spiro atoms. The first-order valence-corrected chi connectivity index (χ1v) is 9.75. The highest BCUT2D eigenvalue weighted by Gasteiger charge is 2.29. The smallest absolute Gasteiger partial charge is 0.173 e. The zero-order chi connectivity index (χ0) is 20.1. The molecule has 2 aliphatic rings. The number of aromatic nitrogens is 2. The van der Waals surface area contributed by atoms with Gasteiger partial charge in [0.15, 0.2) is 5.78 Å². The molecule has 5 rings (SSSR count). The van der Waals surface area contributed by atoms with Crippen LogP contribution in [-0.2, 0) is 11.2 Å². The number of piperazine rings is 1. The number of nitrogens with zero attached hydrogens (tertiary/aromatic N) is 3. The number of anilines is 1. The lowest BCUT2D eigenvalue weighted by atomic mass is 9.88. The van der Waals surface area contributed by atoms with E-state index in [-0.39, 0.29) is 30.9 Å². The van der Waals surface area contributed by atoms with Gasteiger partial charge in [0, 0.05) is 43.9 Å². The summed E-state index contributed by atoms with van der Waals surface area (Å²) in [4.78, 5) is 25.2. The van der Waals surface area contributed by atoms with Crippen molar-refractivity contribution < 1.29 is 9.18 Å². The Kier molecular flexibility index (Phi) is 5.07. The monoisotopic (exact) mass is 407 g/mol. The summed E-state index contributed by atoms with van der Waals surface area (Å²) in [6, 6.07) is 10.7. The molecular weight excluding hydrogens is 381 g/mol. The molecule has 6 nitrogen and oxygen atoms in total. The number of carbonyl (C=O) groups excluding carboxylic acids is 1. The number of nitrogens with two attached hydrogens (primary N) is 1. The van der Waals surface area contributed by atoms with Crippen LogP contribution < -0.4 is 10.6 Å². The molecule has 7 heteroatoms. The number of rotatable bonds is 2. The van der Waals surface area contributed by atoms with Crippen LogP contribution in [0.5, 0.6) is 0 Å². The molecule has 3 aromatic rings. The van der Waals surface area contributed by atoms with E-state index in [9.17, 15) is 9.18 Å². The molecular formula is C23H26FN5O. The van der Waals surface area contributed by atoms with Crippen molar-refractivity contribution >= 4 is 33.8 Å². The molecule has 1 aromatic heterocycles. The summed E-state index contributed by atoms with van der Waals surface area (Å²) < 4.78 is 14.4. The molecule has 0 atom stereocenters. The van der Waals surface area contributed by atoms with Gasteiger partial charge in [-0.05, 0) is 36.9 Å². The quantitative estimate of drug-likeness (QED) is 0.683. The van der Waals surface area contributed by atoms with Gasteiger partial charge in [0.1, 0.15) is 11.6 Å². The summed E-state index contributed by atoms with van der Waals surface area (Å²) in [5.74, 6) is -0.177. The Morgan fingerprint density at radius 2 is 1.90 bits per heavy atom. The van der Waals surface area contributed by atoms with Crippen molar-refractivity contribution in [1.29, 1.82) is 0 Å². The first kappa shape index (κ1) is 20.1. The van der Waals surface area contributed by atoms with Crippen molar-refractivity contribution in [3.8, 4) is 0 Å². The molecule has 30 heavy (non-hydrogen) atoms. The highest BCUT2D eigenvalue weighted by molar-refractivity contribution is 6.29. The maximum Gasteiger partial charge on any atom is 0.173 e. The van der Waals surface area contributed by atoms with E-state index in [2.05, 4.69) is 32.9 Å². The molecule has 1 aliphatic carbocycles. The van der Waals surface area contributed by atoms with E-state index < -0.39 is 5.82 Å². The molecule has 0 unspecified atom stereocenters. The zero-order valence-corrected chi connectivity index (χ0v) is 16.2. The summed E-state index contributed by atoms with van der Waals surface area (Å²) >= 11 is 0. The van der Waals surface area contributed by atoms with Crippen molar-refractivity contribution in [1.82, 2.24) is 14.9 Å². The summed E-state index contributed by atoms with van der Waals surface area (Å²) in [5.41, 5.74) is 10.3. The molecule has 2 aromatic carbocycles. The van der Waals surface area contributed by atoms with Gasteiger partial charge in [-0.1, -0.05) is 19.6 Å². The molecule has 0 saturated carbocycles. The SMILES string of the molecule is C.CN1CCN(c2ccc3nc(C4=C(N)c5c(F)cccc5CC4=O)[nH]c3c2)CC1. The highest BCUT2D eigenvalue weighted by atomic mass is 19.1. The van der Waals surface area contributed by atoms with Gasteiger partial charge in [0.2, 0.25) is 0 Å². The number of aromatic amines is 1. The third kappa shape index (κ3) is 3.25. The van der Waals surface area contributed by atoms with Crippen molar-refractivity contribution in [3.05, 3.63) is 59.2 Å². The summed E-state index contributed by atoms with van der Waals surface area (Å²) in [6.45, 7) is 3.98. The highest BCUT2D eigenvalue weighted by Crippen LogP contribution is 2.33. The number of carbonyl (C=O) groups is 1. The first-order chi connectivity index (χ1) is 14.0. The van der Waals surface area contributed by atoms with Gasteiger partial charge in [-0.25, -0.2) is 9.37 Å². The van der Waals surface area contributed by atoms with Crippen LogP contribution >= 0.6 is 0 Å². The second-order valence-electron chi connectivity index (χ2n) is 7.74. The van der Waals surface area contributed by atoms with E-state index in [0.29, 0.717) is 17.0 Å². The fourth-order valence-electron chi connectivity index (χ4n) is 4.19. The number of ketones is 1. The number of hydrogen-bond donors (Lipinski definition) is 2. The second-order valence-corrected chi connectivity index (χ2v) is 7.74. The molecule has 1 aliphatic heterocycles. The van der Waals surface area contributed by atoms with E-state index in [0.717, 1.165) is 42.9 Å². The molecule has 1 saturated heterocycles. The number of Topliss-reactive ketones (excluding diaryl/α,β-unsaturated/α-hetero) is 1. The zero-order valence-electron chi connectivity index (χ0n) is 16.2. The molecule has 3 N–H and O–H groups in total. The van der Waals surface area contributed by atoms with Crippen molar-refractivity contribution in [2.75, 3.05) is 38.1 Å². The Morgan fingerprint density at radius 1 is 1.13 bits per heavy atom. The van der Waals surface area contributed by atoms with Gasteiger partial charge in [0.25, 0.3) is 0 Å². The fraction of sp³-hybridized carbons (Fsp3) is 0.304. The number of halogens is 1. The molecule has 1 fully saturated rings. The summed E-state index contributed by atoms with van der Waals surface area (Å²) in [5, 5.41) is 0. The predicted octanol–water partition coefficient (Wildman–Crippen LogP) is 3.04. The topological polar surface area (TPSA) is 78.2 Å².